The van der Waals surface area contributed by atoms with Crippen LogP contribution in [0.2, 0.25) is 0 Å². The standard InChI is InChI=1S/C19H23N3O3/c1-25-14-8-13(11-23)22(10-14)18-9-16(19(24)20-12-6-7-12)15-4-2-3-5-17(15)21-18/h2-5,9,12-14,23H,6-8,10-11H2,1H3,(H,20,24)/t13-,14+/m0/s1. The summed E-state index contributed by atoms with van der Waals surface area (Å²) in [5.74, 6) is 0.670. The van der Waals surface area contributed by atoms with Crippen LogP contribution in [0.15, 0.2) is 30.3 Å². The zero-order valence-corrected chi connectivity index (χ0v) is 14.3. The molecule has 2 fully saturated rings. The number of anilines is 1. The monoisotopic (exact) mass is 341 g/mol. The number of aliphatic hydroxyl groups is 1. The molecule has 2 aromatic rings. The summed E-state index contributed by atoms with van der Waals surface area (Å²) in [5, 5.41) is 13.6. The van der Waals surface area contributed by atoms with E-state index in [-0.39, 0.29) is 24.7 Å². The van der Waals surface area contributed by atoms with Gasteiger partial charge in [-0.15, -0.1) is 0 Å². The molecule has 1 aromatic carbocycles. The Hall–Kier alpha value is -2.18. The first-order chi connectivity index (χ1) is 12.2. The predicted octanol–water partition coefficient (Wildman–Crippen LogP) is 1.71. The Kier molecular flexibility index (Phi) is 4.31. The molecule has 2 atom stereocenters. The molecular formula is C19H23N3O3. The number of carbonyl (C=O) groups excluding carboxylic acids is 1. The lowest BCUT2D eigenvalue weighted by atomic mass is 10.1. The second-order valence-electron chi connectivity index (χ2n) is 6.88. The minimum absolute atomic E-state index is 0.0397. The number of methoxy groups -OCH3 is 1. The molecule has 25 heavy (non-hydrogen) atoms. The molecule has 0 bridgehead atoms. The molecule has 6 heteroatoms. The van der Waals surface area contributed by atoms with E-state index in [1.807, 2.05) is 30.3 Å². The number of amides is 1. The number of benzene rings is 1. The minimum Gasteiger partial charge on any atom is -0.394 e. The number of para-hydroxylation sites is 1. The van der Waals surface area contributed by atoms with Gasteiger partial charge in [0.05, 0.1) is 29.8 Å². The second kappa shape index (κ2) is 6.61. The van der Waals surface area contributed by atoms with Crippen LogP contribution in [0.5, 0.6) is 0 Å². The molecule has 132 valence electrons. The lowest BCUT2D eigenvalue weighted by Crippen LogP contribution is -2.33. The summed E-state index contributed by atoms with van der Waals surface area (Å²) in [6.45, 7) is 0.703. The van der Waals surface area contributed by atoms with Crippen LogP contribution in [0.1, 0.15) is 29.6 Å². The highest BCUT2D eigenvalue weighted by Gasteiger charge is 2.33. The zero-order valence-electron chi connectivity index (χ0n) is 14.3. The molecule has 2 aliphatic rings. The molecule has 4 rings (SSSR count). The molecule has 0 spiro atoms. The highest BCUT2D eigenvalue weighted by molar-refractivity contribution is 6.07. The number of carbonyl (C=O) groups is 1. The van der Waals surface area contributed by atoms with E-state index in [1.165, 1.54) is 0 Å². The van der Waals surface area contributed by atoms with Gasteiger partial charge in [-0.05, 0) is 31.4 Å². The average molecular weight is 341 g/mol. The molecule has 0 radical (unpaired) electrons. The van der Waals surface area contributed by atoms with Crippen molar-refractivity contribution in [1.82, 2.24) is 10.3 Å². The molecule has 1 aliphatic heterocycles. The third-order valence-electron chi connectivity index (χ3n) is 5.07. The van der Waals surface area contributed by atoms with Gasteiger partial charge in [-0.25, -0.2) is 4.98 Å². The van der Waals surface area contributed by atoms with Gasteiger partial charge in [0.2, 0.25) is 0 Å². The van der Waals surface area contributed by atoms with Gasteiger partial charge in [0, 0.05) is 25.1 Å². The van der Waals surface area contributed by atoms with Gasteiger partial charge in [-0.3, -0.25) is 4.79 Å². The first-order valence-corrected chi connectivity index (χ1v) is 8.80. The van der Waals surface area contributed by atoms with Crippen molar-refractivity contribution < 1.29 is 14.6 Å². The largest absolute Gasteiger partial charge is 0.394 e. The van der Waals surface area contributed by atoms with E-state index >= 15 is 0 Å². The van der Waals surface area contributed by atoms with Crippen LogP contribution in [0.4, 0.5) is 5.82 Å². The van der Waals surface area contributed by atoms with E-state index in [1.54, 1.807) is 7.11 Å². The van der Waals surface area contributed by atoms with E-state index < -0.39 is 0 Å². The summed E-state index contributed by atoms with van der Waals surface area (Å²) in [4.78, 5) is 19.5. The number of fused-ring (bicyclic) bond motifs is 1. The Morgan fingerprint density at radius 2 is 2.20 bits per heavy atom. The maximum atomic E-state index is 12.7. The number of ether oxygens (including phenoxy) is 1. The van der Waals surface area contributed by atoms with Gasteiger partial charge < -0.3 is 20.1 Å². The third-order valence-corrected chi connectivity index (χ3v) is 5.07. The minimum atomic E-state index is -0.0506. The van der Waals surface area contributed by atoms with Crippen molar-refractivity contribution in [3.8, 4) is 0 Å². The molecule has 2 heterocycles. The van der Waals surface area contributed by atoms with Crippen molar-refractivity contribution in [3.63, 3.8) is 0 Å². The van der Waals surface area contributed by atoms with Gasteiger partial charge in [0.25, 0.3) is 5.91 Å². The highest BCUT2D eigenvalue weighted by atomic mass is 16.5. The van der Waals surface area contributed by atoms with E-state index in [0.29, 0.717) is 18.2 Å². The van der Waals surface area contributed by atoms with Crippen molar-refractivity contribution in [1.29, 1.82) is 0 Å². The van der Waals surface area contributed by atoms with Crippen molar-refractivity contribution >= 4 is 22.6 Å². The number of rotatable bonds is 5. The lowest BCUT2D eigenvalue weighted by Gasteiger charge is -2.25. The lowest BCUT2D eigenvalue weighted by molar-refractivity contribution is 0.0952. The maximum absolute atomic E-state index is 12.7. The first-order valence-electron chi connectivity index (χ1n) is 8.80. The fourth-order valence-electron chi connectivity index (χ4n) is 3.49. The Balaban J connectivity index is 1.75. The topological polar surface area (TPSA) is 74.7 Å². The van der Waals surface area contributed by atoms with Gasteiger partial charge in [-0.1, -0.05) is 18.2 Å². The predicted molar refractivity (Wildman–Crippen MR) is 95.9 cm³/mol. The van der Waals surface area contributed by atoms with E-state index in [9.17, 15) is 9.90 Å². The fraction of sp³-hybridized carbons (Fsp3) is 0.474. The van der Waals surface area contributed by atoms with Crippen molar-refractivity contribution in [2.75, 3.05) is 25.2 Å². The number of nitrogens with one attached hydrogen (secondary N) is 1. The molecule has 1 amide bonds. The molecule has 2 N–H and O–H groups in total. The Bertz CT molecular complexity index is 791. The van der Waals surface area contributed by atoms with Crippen LogP contribution >= 0.6 is 0 Å². The van der Waals surface area contributed by atoms with Gasteiger partial charge in [0.15, 0.2) is 0 Å². The maximum Gasteiger partial charge on any atom is 0.252 e. The molecule has 1 saturated carbocycles. The number of aromatic nitrogens is 1. The van der Waals surface area contributed by atoms with Crippen molar-refractivity contribution in [2.24, 2.45) is 0 Å². The number of aliphatic hydroxyl groups excluding tert-OH is 1. The summed E-state index contributed by atoms with van der Waals surface area (Å²) in [6.07, 6.45) is 2.92. The van der Waals surface area contributed by atoms with Crippen LogP contribution in [0.3, 0.4) is 0 Å². The van der Waals surface area contributed by atoms with E-state index in [4.69, 9.17) is 9.72 Å². The van der Waals surface area contributed by atoms with Crippen LogP contribution < -0.4 is 10.2 Å². The number of pyridine rings is 1. The molecular weight excluding hydrogens is 318 g/mol. The molecule has 1 saturated heterocycles. The molecule has 1 aliphatic carbocycles. The van der Waals surface area contributed by atoms with Crippen molar-refractivity contribution in [2.45, 2.75) is 37.5 Å². The van der Waals surface area contributed by atoms with Gasteiger partial charge in [0.1, 0.15) is 5.82 Å². The van der Waals surface area contributed by atoms with Crippen molar-refractivity contribution in [3.05, 3.63) is 35.9 Å². The third kappa shape index (κ3) is 3.19. The van der Waals surface area contributed by atoms with Crippen LogP contribution in [-0.2, 0) is 4.74 Å². The smallest absolute Gasteiger partial charge is 0.252 e. The Morgan fingerprint density at radius 1 is 1.40 bits per heavy atom. The fourth-order valence-corrected chi connectivity index (χ4v) is 3.49. The number of hydrogen-bond acceptors (Lipinski definition) is 5. The van der Waals surface area contributed by atoms with E-state index in [0.717, 1.165) is 36.0 Å². The summed E-state index contributed by atoms with van der Waals surface area (Å²) in [6, 6.07) is 9.80. The highest BCUT2D eigenvalue weighted by Crippen LogP contribution is 2.30. The summed E-state index contributed by atoms with van der Waals surface area (Å²) < 4.78 is 5.46. The molecule has 6 nitrogen and oxygen atoms in total. The second-order valence-corrected chi connectivity index (χ2v) is 6.88. The quantitative estimate of drug-likeness (QED) is 0.866. The summed E-state index contributed by atoms with van der Waals surface area (Å²) >= 11 is 0. The molecule has 1 aromatic heterocycles. The van der Waals surface area contributed by atoms with Gasteiger partial charge in [-0.2, -0.15) is 0 Å². The normalized spacial score (nSPS) is 23.2. The number of hydrogen-bond donors (Lipinski definition) is 2. The van der Waals surface area contributed by atoms with Crippen LogP contribution in [0.25, 0.3) is 10.9 Å². The average Bonchev–Trinajstić information content (AvgIpc) is 3.35. The van der Waals surface area contributed by atoms with E-state index in [2.05, 4.69) is 10.2 Å². The van der Waals surface area contributed by atoms with Gasteiger partial charge >= 0.3 is 0 Å². The summed E-state index contributed by atoms with van der Waals surface area (Å²) in [5.41, 5.74) is 1.43. The first kappa shape index (κ1) is 16.3. The summed E-state index contributed by atoms with van der Waals surface area (Å²) in [7, 11) is 1.69. The zero-order chi connectivity index (χ0) is 17.4. The SMILES string of the molecule is CO[C@@H]1C[C@@H](CO)N(c2cc(C(=O)NC3CC3)c3ccccc3n2)C1. The Morgan fingerprint density at radius 3 is 2.92 bits per heavy atom. The van der Waals surface area contributed by atoms with Crippen LogP contribution in [-0.4, -0.2) is 54.4 Å². The Labute approximate surface area is 146 Å². The molecule has 0 unspecified atom stereocenters. The number of nitrogens with zero attached hydrogens (tertiary/aromatic N) is 2. The van der Waals surface area contributed by atoms with Crippen LogP contribution in [0, 0.1) is 0 Å².